The highest BCUT2D eigenvalue weighted by molar-refractivity contribution is 5.90. The fraction of sp³-hybridized carbons (Fsp3) is 0.333. The van der Waals surface area contributed by atoms with E-state index in [0.29, 0.717) is 18.1 Å². The highest BCUT2D eigenvalue weighted by Gasteiger charge is 2.24. The van der Waals surface area contributed by atoms with Gasteiger partial charge in [-0.1, -0.05) is 0 Å². The highest BCUT2D eigenvalue weighted by Crippen LogP contribution is 2.14. The van der Waals surface area contributed by atoms with Crippen molar-refractivity contribution >= 4 is 5.91 Å². The number of nitrogens with zero attached hydrogens (tertiary/aromatic N) is 6. The minimum Gasteiger partial charge on any atom is -0.329 e. The molecular weight excluding hydrogens is 335 g/mol. The summed E-state index contributed by atoms with van der Waals surface area (Å²) in [5.41, 5.74) is 1.59. The van der Waals surface area contributed by atoms with E-state index in [1.807, 2.05) is 27.1 Å². The van der Waals surface area contributed by atoms with E-state index < -0.39 is 0 Å². The Bertz CT molecular complexity index is 912. The van der Waals surface area contributed by atoms with E-state index in [4.69, 9.17) is 0 Å². The Kier molecular flexibility index (Phi) is 4.83. The Morgan fingerprint density at radius 3 is 2.54 bits per heavy atom. The molecule has 0 radical (unpaired) electrons. The van der Waals surface area contributed by atoms with Crippen molar-refractivity contribution < 1.29 is 9.18 Å². The molecular formula is C18H21FN6O. The Morgan fingerprint density at radius 1 is 1.27 bits per heavy atom. The van der Waals surface area contributed by atoms with Gasteiger partial charge in [-0.3, -0.25) is 9.48 Å². The first-order valence-electron chi connectivity index (χ1n) is 8.33. The van der Waals surface area contributed by atoms with E-state index in [9.17, 15) is 9.18 Å². The summed E-state index contributed by atoms with van der Waals surface area (Å²) >= 11 is 0. The number of benzene rings is 1. The molecule has 2 aromatic heterocycles. The lowest BCUT2D eigenvalue weighted by atomic mass is 10.2. The molecule has 0 bridgehead atoms. The van der Waals surface area contributed by atoms with Gasteiger partial charge in [-0.05, 0) is 45.0 Å². The number of aryl methyl sites for hydroxylation is 2. The van der Waals surface area contributed by atoms with Gasteiger partial charge in [-0.25, -0.2) is 14.1 Å². The fourth-order valence-corrected chi connectivity index (χ4v) is 2.68. The zero-order chi connectivity index (χ0) is 18.8. The van der Waals surface area contributed by atoms with Crippen LogP contribution in [0.3, 0.4) is 0 Å². The van der Waals surface area contributed by atoms with Gasteiger partial charge < -0.3 is 4.90 Å². The monoisotopic (exact) mass is 356 g/mol. The molecule has 0 saturated heterocycles. The molecule has 1 amide bonds. The molecule has 1 aromatic carbocycles. The van der Waals surface area contributed by atoms with Crippen LogP contribution in [-0.2, 0) is 13.6 Å². The zero-order valence-corrected chi connectivity index (χ0v) is 15.2. The van der Waals surface area contributed by atoms with Crippen LogP contribution in [0.1, 0.15) is 35.9 Å². The highest BCUT2D eigenvalue weighted by atomic mass is 19.1. The predicted octanol–water partition coefficient (Wildman–Crippen LogP) is 2.50. The third kappa shape index (κ3) is 3.63. The summed E-state index contributed by atoms with van der Waals surface area (Å²) < 4.78 is 16.4. The quantitative estimate of drug-likeness (QED) is 0.704. The molecule has 136 valence electrons. The number of aromatic nitrogens is 5. The molecule has 7 nitrogen and oxygen atoms in total. The van der Waals surface area contributed by atoms with Gasteiger partial charge in [-0.2, -0.15) is 5.10 Å². The van der Waals surface area contributed by atoms with Gasteiger partial charge in [0.05, 0.1) is 11.9 Å². The molecule has 2 heterocycles. The molecule has 8 heteroatoms. The number of halogens is 1. The molecule has 0 N–H and O–H groups in total. The van der Waals surface area contributed by atoms with Gasteiger partial charge in [-0.15, -0.1) is 5.10 Å². The van der Waals surface area contributed by atoms with E-state index in [-0.39, 0.29) is 23.6 Å². The summed E-state index contributed by atoms with van der Waals surface area (Å²) in [6, 6.07) is 5.87. The molecule has 0 aliphatic carbocycles. The normalized spacial score (nSPS) is 11.2. The summed E-state index contributed by atoms with van der Waals surface area (Å²) in [4.78, 5) is 18.9. The molecule has 0 fully saturated rings. The van der Waals surface area contributed by atoms with Crippen LogP contribution in [0.25, 0.3) is 5.69 Å². The minimum atomic E-state index is -0.328. The van der Waals surface area contributed by atoms with Gasteiger partial charge in [0.25, 0.3) is 5.91 Å². The molecule has 0 unspecified atom stereocenters. The SMILES string of the molecule is Cc1nc(C(=O)N(Cc2cnn(C)c2)C(C)C)nn1-c1ccc(F)cc1. The van der Waals surface area contributed by atoms with Crippen molar-refractivity contribution in [2.24, 2.45) is 7.05 Å². The Labute approximate surface area is 151 Å². The Morgan fingerprint density at radius 2 is 1.96 bits per heavy atom. The number of hydrogen-bond acceptors (Lipinski definition) is 4. The molecule has 0 atom stereocenters. The number of amides is 1. The van der Waals surface area contributed by atoms with Crippen LogP contribution in [0.4, 0.5) is 4.39 Å². The number of carbonyl (C=O) groups excluding carboxylic acids is 1. The van der Waals surface area contributed by atoms with E-state index in [0.717, 1.165) is 5.56 Å². The Balaban J connectivity index is 1.87. The molecule has 26 heavy (non-hydrogen) atoms. The maximum absolute atomic E-state index is 13.1. The summed E-state index contributed by atoms with van der Waals surface area (Å²) in [5, 5.41) is 8.47. The number of rotatable bonds is 5. The molecule has 0 aliphatic heterocycles. The van der Waals surface area contributed by atoms with Crippen LogP contribution in [0.2, 0.25) is 0 Å². The molecule has 0 spiro atoms. The third-order valence-electron chi connectivity index (χ3n) is 4.03. The van der Waals surface area contributed by atoms with Crippen LogP contribution in [0.15, 0.2) is 36.7 Å². The van der Waals surface area contributed by atoms with Gasteiger partial charge in [0.15, 0.2) is 0 Å². The predicted molar refractivity (Wildman–Crippen MR) is 94.3 cm³/mol. The van der Waals surface area contributed by atoms with Crippen molar-refractivity contribution in [3.8, 4) is 5.69 Å². The van der Waals surface area contributed by atoms with Crippen molar-refractivity contribution in [2.45, 2.75) is 33.4 Å². The average molecular weight is 356 g/mol. The van der Waals surface area contributed by atoms with Crippen LogP contribution in [0.5, 0.6) is 0 Å². The summed E-state index contributed by atoms with van der Waals surface area (Å²) in [5.74, 6) is 0.0903. The van der Waals surface area contributed by atoms with Crippen molar-refractivity contribution in [1.29, 1.82) is 0 Å². The Hall–Kier alpha value is -3.03. The van der Waals surface area contributed by atoms with Crippen molar-refractivity contribution in [2.75, 3.05) is 0 Å². The lowest BCUT2D eigenvalue weighted by Crippen LogP contribution is -2.37. The van der Waals surface area contributed by atoms with Crippen molar-refractivity contribution in [3.63, 3.8) is 0 Å². The van der Waals surface area contributed by atoms with Gasteiger partial charge in [0, 0.05) is 31.4 Å². The summed E-state index contributed by atoms with van der Waals surface area (Å²) in [6.45, 7) is 6.07. The third-order valence-corrected chi connectivity index (χ3v) is 4.03. The first-order valence-corrected chi connectivity index (χ1v) is 8.33. The van der Waals surface area contributed by atoms with E-state index in [2.05, 4.69) is 15.2 Å². The van der Waals surface area contributed by atoms with E-state index >= 15 is 0 Å². The lowest BCUT2D eigenvalue weighted by molar-refractivity contribution is 0.0677. The second-order valence-corrected chi connectivity index (χ2v) is 6.42. The van der Waals surface area contributed by atoms with Gasteiger partial charge >= 0.3 is 0 Å². The van der Waals surface area contributed by atoms with Gasteiger partial charge in [0.1, 0.15) is 11.6 Å². The second kappa shape index (κ2) is 7.07. The summed E-state index contributed by atoms with van der Waals surface area (Å²) in [6.07, 6.45) is 3.61. The van der Waals surface area contributed by atoms with Crippen LogP contribution in [0, 0.1) is 12.7 Å². The lowest BCUT2D eigenvalue weighted by Gasteiger charge is -2.24. The summed E-state index contributed by atoms with van der Waals surface area (Å²) in [7, 11) is 1.83. The van der Waals surface area contributed by atoms with Crippen molar-refractivity contribution in [3.05, 3.63) is 59.7 Å². The molecule has 0 aliphatic rings. The van der Waals surface area contributed by atoms with Crippen LogP contribution < -0.4 is 0 Å². The first kappa shape index (κ1) is 17.8. The topological polar surface area (TPSA) is 68.8 Å². The fourth-order valence-electron chi connectivity index (χ4n) is 2.68. The van der Waals surface area contributed by atoms with E-state index in [1.54, 1.807) is 34.8 Å². The smallest absolute Gasteiger partial charge is 0.294 e. The molecule has 0 saturated carbocycles. The largest absolute Gasteiger partial charge is 0.329 e. The van der Waals surface area contributed by atoms with Crippen LogP contribution in [-0.4, -0.2) is 41.4 Å². The maximum atomic E-state index is 13.1. The zero-order valence-electron chi connectivity index (χ0n) is 15.2. The molecule has 3 rings (SSSR count). The standard InChI is InChI=1S/C18H21FN6O/c1-12(2)24(11-14-9-20-23(4)10-14)18(26)17-21-13(3)25(22-17)16-7-5-15(19)6-8-16/h5-10,12H,11H2,1-4H3. The van der Waals surface area contributed by atoms with Crippen molar-refractivity contribution in [1.82, 2.24) is 29.4 Å². The maximum Gasteiger partial charge on any atom is 0.294 e. The average Bonchev–Trinajstić information content (AvgIpc) is 3.18. The minimum absolute atomic E-state index is 0.0271. The van der Waals surface area contributed by atoms with E-state index in [1.165, 1.54) is 16.8 Å². The van der Waals surface area contributed by atoms with Crippen LogP contribution >= 0.6 is 0 Å². The van der Waals surface area contributed by atoms with Gasteiger partial charge in [0.2, 0.25) is 5.82 Å². The second-order valence-electron chi connectivity index (χ2n) is 6.42. The first-order chi connectivity index (χ1) is 12.3. The molecule has 3 aromatic rings. The number of hydrogen-bond donors (Lipinski definition) is 0. The number of carbonyl (C=O) groups is 1.